The van der Waals surface area contributed by atoms with Crippen molar-refractivity contribution in [1.82, 2.24) is 15.2 Å². The highest BCUT2D eigenvalue weighted by Gasteiger charge is 2.39. The molecule has 2 N–H and O–H groups in total. The minimum absolute atomic E-state index is 0.0364. The molecule has 0 spiro atoms. The van der Waals surface area contributed by atoms with Crippen LogP contribution in [0.3, 0.4) is 0 Å². The lowest BCUT2D eigenvalue weighted by Gasteiger charge is -2.30. The maximum Gasteiger partial charge on any atom is 0.408 e. The van der Waals surface area contributed by atoms with Crippen LogP contribution in [0.15, 0.2) is 42.6 Å². The number of anilines is 1. The Balaban J connectivity index is 1.37. The van der Waals surface area contributed by atoms with Gasteiger partial charge in [0.05, 0.1) is 30.7 Å². The molecule has 2 aromatic rings. The van der Waals surface area contributed by atoms with Crippen LogP contribution in [-0.4, -0.2) is 47.6 Å². The number of carbonyl (C=O) groups is 2. The van der Waals surface area contributed by atoms with Crippen LogP contribution in [0.5, 0.6) is 0 Å². The molecule has 2 heterocycles. The first-order chi connectivity index (χ1) is 13.8. The van der Waals surface area contributed by atoms with Gasteiger partial charge in [0, 0.05) is 18.5 Å². The number of alkyl carbamates (subject to hydrolysis) is 1. The minimum atomic E-state index is -0.764. The van der Waals surface area contributed by atoms with Crippen molar-refractivity contribution in [1.29, 1.82) is 0 Å². The van der Waals surface area contributed by atoms with Crippen LogP contribution in [0.4, 0.5) is 10.5 Å². The summed E-state index contributed by atoms with van der Waals surface area (Å²) in [5.41, 5.74) is 4.56. The standard InChI is InChI=1S/C22H26N4O3/c1-22(2)17-7-5-4-6-14(17)10-19(22)25-15-8-9-16(23-11-15)13-26(3)20(27)18-12-24-21(28)29-18/h4-9,11,18-19,25H,10,12-13H2,1-3H3,(H,24,28). The average molecular weight is 394 g/mol. The summed E-state index contributed by atoms with van der Waals surface area (Å²) in [7, 11) is 1.68. The van der Waals surface area contributed by atoms with Crippen molar-refractivity contribution < 1.29 is 14.3 Å². The van der Waals surface area contributed by atoms with Crippen LogP contribution in [0.2, 0.25) is 0 Å². The second-order valence-electron chi connectivity index (χ2n) is 8.29. The summed E-state index contributed by atoms with van der Waals surface area (Å²) in [6.07, 6.45) is 1.47. The number of likely N-dealkylation sites (N-methyl/N-ethyl adjacent to an activating group) is 1. The largest absolute Gasteiger partial charge is 0.434 e. The van der Waals surface area contributed by atoms with E-state index in [0.717, 1.165) is 17.8 Å². The maximum atomic E-state index is 12.3. The van der Waals surface area contributed by atoms with E-state index in [0.29, 0.717) is 12.6 Å². The number of hydrogen-bond donors (Lipinski definition) is 2. The van der Waals surface area contributed by atoms with Gasteiger partial charge >= 0.3 is 6.09 Å². The van der Waals surface area contributed by atoms with E-state index in [4.69, 9.17) is 4.74 Å². The number of carbonyl (C=O) groups excluding carboxylic acids is 2. The number of nitrogens with zero attached hydrogens (tertiary/aromatic N) is 2. The molecule has 1 aromatic heterocycles. The van der Waals surface area contributed by atoms with Gasteiger partial charge in [-0.05, 0) is 29.7 Å². The molecule has 0 saturated carbocycles. The van der Waals surface area contributed by atoms with Crippen LogP contribution < -0.4 is 10.6 Å². The smallest absolute Gasteiger partial charge is 0.408 e. The number of hydrogen-bond acceptors (Lipinski definition) is 5. The lowest BCUT2D eigenvalue weighted by atomic mass is 9.83. The van der Waals surface area contributed by atoms with E-state index >= 15 is 0 Å². The quantitative estimate of drug-likeness (QED) is 0.814. The first kappa shape index (κ1) is 19.2. The maximum absolute atomic E-state index is 12.3. The minimum Gasteiger partial charge on any atom is -0.434 e. The lowest BCUT2D eigenvalue weighted by Crippen LogP contribution is -2.38. The van der Waals surface area contributed by atoms with Gasteiger partial charge < -0.3 is 20.3 Å². The SMILES string of the molecule is CN(Cc1ccc(NC2Cc3ccccc3C2(C)C)cn1)C(=O)C1CNC(=O)O1. The number of pyridine rings is 1. The second-order valence-corrected chi connectivity index (χ2v) is 8.29. The van der Waals surface area contributed by atoms with Crippen LogP contribution in [0, 0.1) is 0 Å². The zero-order chi connectivity index (χ0) is 20.6. The molecule has 1 aromatic carbocycles. The van der Waals surface area contributed by atoms with Gasteiger partial charge in [-0.25, -0.2) is 4.79 Å². The average Bonchev–Trinajstić information content (AvgIpc) is 3.24. The van der Waals surface area contributed by atoms with E-state index in [1.165, 1.54) is 16.0 Å². The molecule has 1 fully saturated rings. The number of cyclic esters (lactones) is 1. The number of benzene rings is 1. The number of fused-ring (bicyclic) bond motifs is 1. The summed E-state index contributed by atoms with van der Waals surface area (Å²) in [6, 6.07) is 12.8. The van der Waals surface area contributed by atoms with Crippen molar-refractivity contribution in [2.75, 3.05) is 18.9 Å². The zero-order valence-corrected chi connectivity index (χ0v) is 16.9. The van der Waals surface area contributed by atoms with Gasteiger partial charge in [-0.1, -0.05) is 38.1 Å². The fourth-order valence-electron chi connectivity index (χ4n) is 4.12. The van der Waals surface area contributed by atoms with Crippen molar-refractivity contribution in [3.8, 4) is 0 Å². The molecule has 2 amide bonds. The van der Waals surface area contributed by atoms with Crippen LogP contribution >= 0.6 is 0 Å². The predicted octanol–water partition coefficient (Wildman–Crippen LogP) is 2.46. The second kappa shape index (κ2) is 7.39. The third-order valence-corrected chi connectivity index (χ3v) is 5.90. The van der Waals surface area contributed by atoms with Crippen molar-refractivity contribution >= 4 is 17.7 Å². The summed E-state index contributed by atoms with van der Waals surface area (Å²) in [6.45, 7) is 5.10. The van der Waals surface area contributed by atoms with Gasteiger partial charge in [0.25, 0.3) is 5.91 Å². The summed E-state index contributed by atoms with van der Waals surface area (Å²) in [5, 5.41) is 6.11. The highest BCUT2D eigenvalue weighted by atomic mass is 16.6. The zero-order valence-electron chi connectivity index (χ0n) is 16.9. The van der Waals surface area contributed by atoms with Gasteiger partial charge in [0.1, 0.15) is 0 Å². The molecular formula is C22H26N4O3. The van der Waals surface area contributed by atoms with Crippen molar-refractivity contribution in [2.24, 2.45) is 0 Å². The molecule has 1 aliphatic carbocycles. The highest BCUT2D eigenvalue weighted by Crippen LogP contribution is 2.39. The molecule has 7 heteroatoms. The molecule has 2 atom stereocenters. The van der Waals surface area contributed by atoms with Crippen LogP contribution in [0.25, 0.3) is 0 Å². The molecule has 2 unspecified atom stereocenters. The van der Waals surface area contributed by atoms with Gasteiger partial charge in [0.2, 0.25) is 0 Å². The first-order valence-corrected chi connectivity index (χ1v) is 9.84. The normalized spacial score (nSPS) is 21.8. The molecule has 1 aliphatic heterocycles. The summed E-state index contributed by atoms with van der Waals surface area (Å²) in [5.74, 6) is -0.238. The van der Waals surface area contributed by atoms with Crippen molar-refractivity contribution in [2.45, 2.75) is 44.4 Å². The molecule has 2 aliphatic rings. The number of aromatic nitrogens is 1. The Morgan fingerprint density at radius 3 is 2.76 bits per heavy atom. The van der Waals surface area contributed by atoms with E-state index in [1.807, 2.05) is 18.3 Å². The number of amides is 2. The Morgan fingerprint density at radius 1 is 1.31 bits per heavy atom. The summed E-state index contributed by atoms with van der Waals surface area (Å²) in [4.78, 5) is 29.5. The van der Waals surface area contributed by atoms with Crippen LogP contribution in [0.1, 0.15) is 30.7 Å². The van der Waals surface area contributed by atoms with Gasteiger partial charge in [-0.15, -0.1) is 0 Å². The molecular weight excluding hydrogens is 368 g/mol. The summed E-state index contributed by atoms with van der Waals surface area (Å²) < 4.78 is 4.95. The molecule has 7 nitrogen and oxygen atoms in total. The highest BCUT2D eigenvalue weighted by molar-refractivity contribution is 5.86. The van der Waals surface area contributed by atoms with Crippen LogP contribution in [-0.2, 0) is 27.9 Å². The number of rotatable bonds is 5. The summed E-state index contributed by atoms with van der Waals surface area (Å²) >= 11 is 0. The Kier molecular flexibility index (Phi) is 4.90. The fourth-order valence-corrected chi connectivity index (χ4v) is 4.12. The van der Waals surface area contributed by atoms with E-state index in [-0.39, 0.29) is 17.9 Å². The predicted molar refractivity (Wildman–Crippen MR) is 110 cm³/mol. The topological polar surface area (TPSA) is 83.6 Å². The first-order valence-electron chi connectivity index (χ1n) is 9.84. The van der Waals surface area contributed by atoms with Crippen molar-refractivity contribution in [3.05, 3.63) is 59.4 Å². The Labute approximate surface area is 170 Å². The third-order valence-electron chi connectivity index (χ3n) is 5.90. The molecule has 0 radical (unpaired) electrons. The van der Waals surface area contributed by atoms with E-state index in [9.17, 15) is 9.59 Å². The Hall–Kier alpha value is -3.09. The molecule has 29 heavy (non-hydrogen) atoms. The monoisotopic (exact) mass is 394 g/mol. The molecule has 152 valence electrons. The molecule has 4 rings (SSSR count). The van der Waals surface area contributed by atoms with Gasteiger partial charge in [-0.3, -0.25) is 9.78 Å². The van der Waals surface area contributed by atoms with Gasteiger partial charge in [0.15, 0.2) is 6.10 Å². The number of ether oxygens (including phenoxy) is 1. The van der Waals surface area contributed by atoms with E-state index < -0.39 is 12.2 Å². The lowest BCUT2D eigenvalue weighted by molar-refractivity contribution is -0.137. The van der Waals surface area contributed by atoms with Crippen molar-refractivity contribution in [3.63, 3.8) is 0 Å². The van der Waals surface area contributed by atoms with E-state index in [1.54, 1.807) is 7.05 Å². The molecule has 0 bridgehead atoms. The molecule has 1 saturated heterocycles. The van der Waals surface area contributed by atoms with Gasteiger partial charge in [-0.2, -0.15) is 0 Å². The third kappa shape index (κ3) is 3.77. The Morgan fingerprint density at radius 2 is 2.10 bits per heavy atom. The Bertz CT molecular complexity index is 926. The van der Waals surface area contributed by atoms with E-state index in [2.05, 4.69) is 53.7 Å². The number of nitrogens with one attached hydrogen (secondary N) is 2. The fraction of sp³-hybridized carbons (Fsp3) is 0.409.